The Morgan fingerprint density at radius 1 is 1.29 bits per heavy atom. The monoisotopic (exact) mass is 251 g/mol. The molecule has 0 N–H and O–H groups in total. The van der Waals surface area contributed by atoms with Crippen molar-refractivity contribution in [3.63, 3.8) is 0 Å². The standard InChI is InChI=1S/C12H14ClN3O/c1-7-5-14-10(13)9-8(7)11(17)16(6-15-9)12(2,3)4/h5-6H,1-4H3. The first-order valence-corrected chi connectivity index (χ1v) is 5.73. The number of nitrogens with zero attached hydrogens (tertiary/aromatic N) is 3. The molecule has 0 aromatic carbocycles. The van der Waals surface area contributed by atoms with E-state index < -0.39 is 0 Å². The summed E-state index contributed by atoms with van der Waals surface area (Å²) in [6.45, 7) is 7.71. The number of aromatic nitrogens is 3. The predicted molar refractivity (Wildman–Crippen MR) is 68.5 cm³/mol. The van der Waals surface area contributed by atoms with Crippen molar-refractivity contribution in [2.75, 3.05) is 0 Å². The maximum Gasteiger partial charge on any atom is 0.262 e. The summed E-state index contributed by atoms with van der Waals surface area (Å²) in [7, 11) is 0. The van der Waals surface area contributed by atoms with E-state index in [2.05, 4.69) is 9.97 Å². The smallest absolute Gasteiger partial charge is 0.262 e. The topological polar surface area (TPSA) is 47.8 Å². The van der Waals surface area contributed by atoms with E-state index in [9.17, 15) is 4.79 Å². The lowest BCUT2D eigenvalue weighted by Gasteiger charge is -2.22. The van der Waals surface area contributed by atoms with Crippen LogP contribution < -0.4 is 5.56 Å². The summed E-state index contributed by atoms with van der Waals surface area (Å²) in [5, 5.41) is 0.811. The van der Waals surface area contributed by atoms with E-state index in [1.807, 2.05) is 27.7 Å². The van der Waals surface area contributed by atoms with Gasteiger partial charge in [-0.2, -0.15) is 0 Å². The van der Waals surface area contributed by atoms with Gasteiger partial charge in [0.05, 0.1) is 11.7 Å². The second-order valence-electron chi connectivity index (χ2n) is 5.05. The molecule has 5 heteroatoms. The van der Waals surface area contributed by atoms with E-state index in [1.54, 1.807) is 10.8 Å². The van der Waals surface area contributed by atoms with Crippen LogP contribution in [0.2, 0.25) is 5.15 Å². The Bertz CT molecular complexity index is 640. The summed E-state index contributed by atoms with van der Waals surface area (Å²) < 4.78 is 1.61. The number of hydrogen-bond donors (Lipinski definition) is 0. The summed E-state index contributed by atoms with van der Waals surface area (Å²) in [5.41, 5.74) is 0.877. The zero-order chi connectivity index (χ0) is 12.8. The van der Waals surface area contributed by atoms with E-state index in [0.29, 0.717) is 10.9 Å². The highest BCUT2D eigenvalue weighted by molar-refractivity contribution is 6.33. The van der Waals surface area contributed by atoms with Gasteiger partial charge < -0.3 is 0 Å². The van der Waals surface area contributed by atoms with Crippen LogP contribution in [-0.2, 0) is 5.54 Å². The molecule has 0 fully saturated rings. The third-order valence-electron chi connectivity index (χ3n) is 2.66. The Hall–Kier alpha value is -1.42. The normalized spacial score (nSPS) is 12.1. The molecule has 2 aromatic rings. The van der Waals surface area contributed by atoms with Gasteiger partial charge in [0.15, 0.2) is 5.15 Å². The number of pyridine rings is 1. The van der Waals surface area contributed by atoms with E-state index in [-0.39, 0.29) is 16.3 Å². The van der Waals surface area contributed by atoms with Crippen LogP contribution in [0.15, 0.2) is 17.3 Å². The molecule has 0 saturated carbocycles. The molecule has 90 valence electrons. The van der Waals surface area contributed by atoms with Crippen LogP contribution in [0.4, 0.5) is 0 Å². The van der Waals surface area contributed by atoms with Gasteiger partial charge in [-0.05, 0) is 33.3 Å². The summed E-state index contributed by atoms with van der Waals surface area (Å²) in [4.78, 5) is 20.6. The van der Waals surface area contributed by atoms with Gasteiger partial charge in [0.1, 0.15) is 5.52 Å². The van der Waals surface area contributed by atoms with Gasteiger partial charge in [-0.25, -0.2) is 9.97 Å². The third kappa shape index (κ3) is 1.93. The van der Waals surface area contributed by atoms with Crippen molar-refractivity contribution < 1.29 is 0 Å². The van der Waals surface area contributed by atoms with Crippen LogP contribution in [0.5, 0.6) is 0 Å². The van der Waals surface area contributed by atoms with Crippen LogP contribution in [0.3, 0.4) is 0 Å². The van der Waals surface area contributed by atoms with Crippen molar-refractivity contribution in [1.82, 2.24) is 14.5 Å². The van der Waals surface area contributed by atoms with Gasteiger partial charge in [-0.15, -0.1) is 0 Å². The molecular formula is C12H14ClN3O. The first kappa shape index (κ1) is 12.0. The lowest BCUT2D eigenvalue weighted by atomic mass is 10.1. The zero-order valence-corrected chi connectivity index (χ0v) is 11.0. The third-order valence-corrected chi connectivity index (χ3v) is 2.93. The first-order valence-electron chi connectivity index (χ1n) is 5.35. The highest BCUT2D eigenvalue weighted by atomic mass is 35.5. The molecule has 0 aliphatic carbocycles. The van der Waals surface area contributed by atoms with E-state index >= 15 is 0 Å². The molecule has 0 bridgehead atoms. The molecule has 0 aliphatic heterocycles. The molecule has 0 spiro atoms. The maximum absolute atomic E-state index is 12.4. The summed E-state index contributed by atoms with van der Waals surface area (Å²) in [6.07, 6.45) is 3.12. The number of halogens is 1. The molecule has 0 unspecified atom stereocenters. The second-order valence-corrected chi connectivity index (χ2v) is 5.40. The number of aryl methyl sites for hydroxylation is 1. The van der Waals surface area contributed by atoms with E-state index in [4.69, 9.17) is 11.6 Å². The van der Waals surface area contributed by atoms with Crippen molar-refractivity contribution in [3.05, 3.63) is 33.6 Å². The van der Waals surface area contributed by atoms with Gasteiger partial charge in [0, 0.05) is 11.7 Å². The van der Waals surface area contributed by atoms with Gasteiger partial charge in [-0.3, -0.25) is 9.36 Å². The molecule has 2 heterocycles. The molecule has 4 nitrogen and oxygen atoms in total. The molecule has 0 atom stereocenters. The highest BCUT2D eigenvalue weighted by Crippen LogP contribution is 2.20. The molecule has 0 amide bonds. The fourth-order valence-electron chi connectivity index (χ4n) is 1.72. The summed E-state index contributed by atoms with van der Waals surface area (Å²) in [5.74, 6) is 0. The van der Waals surface area contributed by atoms with Crippen LogP contribution in [0.25, 0.3) is 10.9 Å². The van der Waals surface area contributed by atoms with Gasteiger partial charge in [0.2, 0.25) is 0 Å². The average Bonchev–Trinajstić information content (AvgIpc) is 2.21. The maximum atomic E-state index is 12.4. The van der Waals surface area contributed by atoms with Gasteiger partial charge in [-0.1, -0.05) is 11.6 Å². The van der Waals surface area contributed by atoms with Gasteiger partial charge >= 0.3 is 0 Å². The zero-order valence-electron chi connectivity index (χ0n) is 10.3. The minimum Gasteiger partial charge on any atom is -0.293 e. The fourth-order valence-corrected chi connectivity index (χ4v) is 1.92. The Morgan fingerprint density at radius 3 is 2.53 bits per heavy atom. The predicted octanol–water partition coefficient (Wildman–Crippen LogP) is 2.51. The Balaban J connectivity index is 2.95. The Kier molecular flexibility index (Phi) is 2.70. The molecule has 0 aliphatic rings. The summed E-state index contributed by atoms with van der Waals surface area (Å²) in [6, 6.07) is 0. The number of fused-ring (bicyclic) bond motifs is 1. The lowest BCUT2D eigenvalue weighted by Crippen LogP contribution is -2.34. The molecule has 17 heavy (non-hydrogen) atoms. The minimum atomic E-state index is -0.305. The molecule has 0 radical (unpaired) electrons. The van der Waals surface area contributed by atoms with Crippen molar-refractivity contribution >= 4 is 22.5 Å². The van der Waals surface area contributed by atoms with Crippen molar-refractivity contribution in [3.8, 4) is 0 Å². The molecule has 2 aromatic heterocycles. The largest absolute Gasteiger partial charge is 0.293 e. The van der Waals surface area contributed by atoms with Crippen LogP contribution in [0.1, 0.15) is 26.3 Å². The van der Waals surface area contributed by atoms with E-state index in [1.165, 1.54) is 6.33 Å². The van der Waals surface area contributed by atoms with Crippen molar-refractivity contribution in [1.29, 1.82) is 0 Å². The second kappa shape index (κ2) is 3.81. The van der Waals surface area contributed by atoms with Crippen LogP contribution >= 0.6 is 11.6 Å². The molecular weight excluding hydrogens is 238 g/mol. The fraction of sp³-hybridized carbons (Fsp3) is 0.417. The number of rotatable bonds is 0. The first-order chi connectivity index (χ1) is 7.82. The quantitative estimate of drug-likeness (QED) is 0.676. The number of hydrogen-bond acceptors (Lipinski definition) is 3. The molecule has 2 rings (SSSR count). The highest BCUT2D eigenvalue weighted by Gasteiger charge is 2.18. The Morgan fingerprint density at radius 2 is 1.94 bits per heavy atom. The van der Waals surface area contributed by atoms with Gasteiger partial charge in [0.25, 0.3) is 5.56 Å². The van der Waals surface area contributed by atoms with Crippen LogP contribution in [-0.4, -0.2) is 14.5 Å². The van der Waals surface area contributed by atoms with Crippen LogP contribution in [0, 0.1) is 6.92 Å². The van der Waals surface area contributed by atoms with Crippen molar-refractivity contribution in [2.24, 2.45) is 0 Å². The minimum absolute atomic E-state index is 0.0794. The average molecular weight is 252 g/mol. The SMILES string of the molecule is Cc1cnc(Cl)c2ncn(C(C)(C)C)c(=O)c12. The molecule has 0 saturated heterocycles. The van der Waals surface area contributed by atoms with Crippen molar-refractivity contribution in [2.45, 2.75) is 33.2 Å². The van der Waals surface area contributed by atoms with E-state index in [0.717, 1.165) is 5.56 Å². The lowest BCUT2D eigenvalue weighted by molar-refractivity contribution is 0.382. The summed E-state index contributed by atoms with van der Waals surface area (Å²) >= 11 is 5.95. The Labute approximate surface area is 104 Å².